The van der Waals surface area contributed by atoms with E-state index in [0.29, 0.717) is 0 Å². The summed E-state index contributed by atoms with van der Waals surface area (Å²) in [5.74, 6) is 0.930. The van der Waals surface area contributed by atoms with Crippen molar-refractivity contribution < 1.29 is 9.53 Å². The summed E-state index contributed by atoms with van der Waals surface area (Å²) >= 11 is 0. The number of hydrogen-bond acceptors (Lipinski definition) is 3. The van der Waals surface area contributed by atoms with Crippen LogP contribution < -0.4 is 15.0 Å². The van der Waals surface area contributed by atoms with E-state index in [1.54, 1.807) is 7.11 Å². The lowest BCUT2D eigenvalue weighted by Crippen LogP contribution is -2.60. The summed E-state index contributed by atoms with van der Waals surface area (Å²) in [6.45, 7) is 2.98. The average Bonchev–Trinajstić information content (AvgIpc) is 2.49. The summed E-state index contributed by atoms with van der Waals surface area (Å²) < 4.78 is 5.25. The number of amides is 1. The topological polar surface area (TPSA) is 41.6 Å². The van der Waals surface area contributed by atoms with E-state index in [1.165, 1.54) is 6.42 Å². The Labute approximate surface area is 120 Å². The first kappa shape index (κ1) is 13.3. The molecule has 0 radical (unpaired) electrons. The van der Waals surface area contributed by atoms with Crippen LogP contribution >= 0.6 is 0 Å². The Kier molecular flexibility index (Phi) is 3.32. The number of likely N-dealkylation sites (N-methyl/N-ethyl adjacent to an activating group) is 1. The molecule has 0 aromatic heterocycles. The van der Waals surface area contributed by atoms with Crippen molar-refractivity contribution in [3.8, 4) is 5.75 Å². The molecule has 1 aliphatic heterocycles. The monoisotopic (exact) mass is 274 g/mol. The first-order chi connectivity index (χ1) is 9.71. The number of carbonyl (C=O) groups is 1. The average molecular weight is 274 g/mol. The van der Waals surface area contributed by atoms with Crippen molar-refractivity contribution in [2.45, 2.75) is 44.6 Å². The number of rotatable bonds is 2. The van der Waals surface area contributed by atoms with Crippen molar-refractivity contribution >= 4 is 17.3 Å². The van der Waals surface area contributed by atoms with E-state index >= 15 is 0 Å². The zero-order chi connectivity index (χ0) is 14.2. The van der Waals surface area contributed by atoms with Crippen LogP contribution in [-0.4, -0.2) is 25.1 Å². The summed E-state index contributed by atoms with van der Waals surface area (Å²) in [7, 11) is 1.65. The normalized spacial score (nSPS) is 20.5. The molecule has 1 spiro atoms. The Morgan fingerprint density at radius 2 is 2.05 bits per heavy atom. The quantitative estimate of drug-likeness (QED) is 0.900. The van der Waals surface area contributed by atoms with Gasteiger partial charge in [0.1, 0.15) is 11.3 Å². The first-order valence-corrected chi connectivity index (χ1v) is 7.48. The molecule has 1 heterocycles. The van der Waals surface area contributed by atoms with Gasteiger partial charge in [-0.2, -0.15) is 0 Å². The van der Waals surface area contributed by atoms with Gasteiger partial charge < -0.3 is 15.0 Å². The summed E-state index contributed by atoms with van der Waals surface area (Å²) in [6, 6.07) is 5.94. The van der Waals surface area contributed by atoms with Crippen molar-refractivity contribution in [3.63, 3.8) is 0 Å². The van der Waals surface area contributed by atoms with E-state index in [2.05, 4.69) is 23.2 Å². The second kappa shape index (κ2) is 5.00. The van der Waals surface area contributed by atoms with Crippen molar-refractivity contribution in [2.75, 3.05) is 23.9 Å². The highest BCUT2D eigenvalue weighted by Crippen LogP contribution is 2.44. The molecule has 108 valence electrons. The number of ether oxygens (including phenoxy) is 1. The molecule has 1 N–H and O–H groups in total. The molecule has 1 saturated carbocycles. The maximum atomic E-state index is 12.7. The Balaban J connectivity index is 2.06. The lowest BCUT2D eigenvalue weighted by atomic mass is 9.77. The fraction of sp³-hybridized carbons (Fsp3) is 0.562. The van der Waals surface area contributed by atoms with Gasteiger partial charge in [-0.25, -0.2) is 0 Å². The van der Waals surface area contributed by atoms with Crippen LogP contribution in [0.15, 0.2) is 18.2 Å². The predicted octanol–water partition coefficient (Wildman–Crippen LogP) is 3.18. The Bertz CT molecular complexity index is 521. The van der Waals surface area contributed by atoms with E-state index in [4.69, 9.17) is 4.74 Å². The highest BCUT2D eigenvalue weighted by Gasteiger charge is 2.47. The van der Waals surface area contributed by atoms with Gasteiger partial charge in [0.05, 0.1) is 18.5 Å². The Morgan fingerprint density at radius 3 is 2.70 bits per heavy atom. The third-order valence-electron chi connectivity index (χ3n) is 4.68. The minimum absolute atomic E-state index is 0.153. The van der Waals surface area contributed by atoms with Crippen LogP contribution in [0.25, 0.3) is 0 Å². The van der Waals surface area contributed by atoms with Gasteiger partial charge in [0, 0.05) is 12.6 Å². The predicted molar refractivity (Wildman–Crippen MR) is 80.5 cm³/mol. The standard InChI is InChI=1S/C16H22N2O2/c1-3-18-14-8-7-12(20-2)11-13(14)17-15(19)16(18)9-5-4-6-10-16/h7-8,11H,3-6,9-10H2,1-2H3,(H,17,19). The molecule has 1 amide bonds. The number of anilines is 2. The smallest absolute Gasteiger partial charge is 0.250 e. The van der Waals surface area contributed by atoms with Crippen LogP contribution in [0.1, 0.15) is 39.0 Å². The number of nitrogens with zero attached hydrogens (tertiary/aromatic N) is 1. The van der Waals surface area contributed by atoms with Gasteiger partial charge in [0.2, 0.25) is 5.91 Å². The number of carbonyl (C=O) groups excluding carboxylic acids is 1. The molecular formula is C16H22N2O2. The number of fused-ring (bicyclic) bond motifs is 1. The van der Waals surface area contributed by atoms with Gasteiger partial charge in [-0.05, 0) is 31.9 Å². The fourth-order valence-electron chi connectivity index (χ4n) is 3.68. The van der Waals surface area contributed by atoms with Crippen LogP contribution in [0.3, 0.4) is 0 Å². The number of benzene rings is 1. The minimum atomic E-state index is -0.339. The van der Waals surface area contributed by atoms with Gasteiger partial charge in [-0.3, -0.25) is 4.79 Å². The third-order valence-corrected chi connectivity index (χ3v) is 4.68. The lowest BCUT2D eigenvalue weighted by Gasteiger charge is -2.49. The first-order valence-electron chi connectivity index (χ1n) is 7.48. The van der Waals surface area contributed by atoms with Crippen molar-refractivity contribution in [3.05, 3.63) is 18.2 Å². The van der Waals surface area contributed by atoms with Crippen LogP contribution in [0.4, 0.5) is 11.4 Å². The maximum absolute atomic E-state index is 12.7. The number of hydrogen-bond donors (Lipinski definition) is 1. The molecule has 2 aliphatic rings. The van der Waals surface area contributed by atoms with Crippen molar-refractivity contribution in [1.29, 1.82) is 0 Å². The molecule has 4 nitrogen and oxygen atoms in total. The highest BCUT2D eigenvalue weighted by atomic mass is 16.5. The summed E-state index contributed by atoms with van der Waals surface area (Å²) in [5, 5.41) is 3.10. The number of methoxy groups -OCH3 is 1. The molecule has 0 bridgehead atoms. The molecule has 1 aliphatic carbocycles. The second-order valence-electron chi connectivity index (χ2n) is 5.67. The van der Waals surface area contributed by atoms with Gasteiger partial charge in [0.15, 0.2) is 0 Å². The molecule has 0 saturated heterocycles. The molecule has 20 heavy (non-hydrogen) atoms. The fourth-order valence-corrected chi connectivity index (χ4v) is 3.68. The minimum Gasteiger partial charge on any atom is -0.497 e. The van der Waals surface area contributed by atoms with E-state index in [-0.39, 0.29) is 11.4 Å². The molecule has 1 aromatic rings. The number of nitrogens with one attached hydrogen (secondary N) is 1. The van der Waals surface area contributed by atoms with Crippen LogP contribution in [0, 0.1) is 0 Å². The van der Waals surface area contributed by atoms with E-state index in [1.807, 2.05) is 12.1 Å². The van der Waals surface area contributed by atoms with Crippen LogP contribution in [0.5, 0.6) is 5.75 Å². The summed E-state index contributed by atoms with van der Waals surface area (Å²) in [5.41, 5.74) is 1.65. The molecule has 1 fully saturated rings. The SMILES string of the molecule is CCN1c2ccc(OC)cc2NC(=O)C12CCCCC2. The van der Waals surface area contributed by atoms with E-state index in [9.17, 15) is 4.79 Å². The Hall–Kier alpha value is -1.71. The Morgan fingerprint density at radius 1 is 1.30 bits per heavy atom. The van der Waals surface area contributed by atoms with Crippen molar-refractivity contribution in [1.82, 2.24) is 0 Å². The largest absolute Gasteiger partial charge is 0.497 e. The lowest BCUT2D eigenvalue weighted by molar-refractivity contribution is -0.122. The molecule has 4 heteroatoms. The molecule has 1 aromatic carbocycles. The summed E-state index contributed by atoms with van der Waals surface area (Å²) in [4.78, 5) is 15.0. The van der Waals surface area contributed by atoms with Crippen LogP contribution in [0.2, 0.25) is 0 Å². The summed E-state index contributed by atoms with van der Waals surface area (Å²) in [6.07, 6.45) is 5.42. The zero-order valence-corrected chi connectivity index (χ0v) is 12.2. The highest BCUT2D eigenvalue weighted by molar-refractivity contribution is 6.07. The molecule has 3 rings (SSSR count). The molecule has 0 atom stereocenters. The molecule has 0 unspecified atom stereocenters. The molecular weight excluding hydrogens is 252 g/mol. The third kappa shape index (κ3) is 1.86. The van der Waals surface area contributed by atoms with E-state index in [0.717, 1.165) is 49.4 Å². The maximum Gasteiger partial charge on any atom is 0.250 e. The zero-order valence-electron chi connectivity index (χ0n) is 12.2. The van der Waals surface area contributed by atoms with Gasteiger partial charge in [0.25, 0.3) is 0 Å². The van der Waals surface area contributed by atoms with Gasteiger partial charge in [-0.1, -0.05) is 19.3 Å². The van der Waals surface area contributed by atoms with Crippen molar-refractivity contribution in [2.24, 2.45) is 0 Å². The van der Waals surface area contributed by atoms with Crippen LogP contribution in [-0.2, 0) is 4.79 Å². The van der Waals surface area contributed by atoms with E-state index < -0.39 is 0 Å². The van der Waals surface area contributed by atoms with Gasteiger partial charge >= 0.3 is 0 Å². The van der Waals surface area contributed by atoms with Gasteiger partial charge in [-0.15, -0.1) is 0 Å². The second-order valence-corrected chi connectivity index (χ2v) is 5.67.